The number of phenolic OH excluding ortho intramolecular Hbond substituents is 1. The van der Waals surface area contributed by atoms with Crippen LogP contribution in [0.2, 0.25) is 0 Å². The number of nitrogens with zero attached hydrogens (tertiary/aromatic N) is 2. The maximum absolute atomic E-state index is 13.3. The van der Waals surface area contributed by atoms with Crippen LogP contribution in [0.4, 0.5) is 0 Å². The second kappa shape index (κ2) is 6.33. The Morgan fingerprint density at radius 2 is 1.88 bits per heavy atom. The van der Waals surface area contributed by atoms with Gasteiger partial charge in [-0.3, -0.25) is 9.78 Å². The molecule has 24 heavy (non-hydrogen) atoms. The smallest absolute Gasteiger partial charge is 0.195 e. The van der Waals surface area contributed by atoms with Crippen LogP contribution in [0, 0.1) is 0 Å². The van der Waals surface area contributed by atoms with Crippen LogP contribution in [0.15, 0.2) is 39.5 Å². The molecule has 124 valence electrons. The topological polar surface area (TPSA) is 55.1 Å². The Morgan fingerprint density at radius 1 is 1.25 bits per heavy atom. The zero-order valence-electron chi connectivity index (χ0n) is 13.5. The number of rotatable bonds is 3. The van der Waals surface area contributed by atoms with Crippen molar-refractivity contribution in [1.82, 2.24) is 9.55 Å². The fraction of sp³-hybridized carbons (Fsp3) is 0.222. The first-order valence-corrected chi connectivity index (χ1v) is 9.06. The fourth-order valence-electron chi connectivity index (χ4n) is 3.06. The molecule has 0 aliphatic rings. The molecule has 2 heterocycles. The van der Waals surface area contributed by atoms with E-state index in [1.54, 1.807) is 24.5 Å². The summed E-state index contributed by atoms with van der Waals surface area (Å²) in [5, 5.41) is 10.8. The number of pyridine rings is 1. The minimum atomic E-state index is -0.0723. The number of aromatic hydroxyl groups is 1. The highest BCUT2D eigenvalue weighted by molar-refractivity contribution is 9.11. The summed E-state index contributed by atoms with van der Waals surface area (Å²) < 4.78 is 2.99. The molecule has 0 unspecified atom stereocenters. The number of halogens is 2. The van der Waals surface area contributed by atoms with E-state index >= 15 is 0 Å². The Kier molecular flexibility index (Phi) is 4.53. The monoisotopic (exact) mass is 450 g/mol. The molecule has 3 rings (SSSR count). The molecule has 0 saturated heterocycles. The number of benzene rings is 1. The Bertz CT molecular complexity index is 938. The van der Waals surface area contributed by atoms with Crippen LogP contribution in [0.5, 0.6) is 5.75 Å². The molecule has 0 bridgehead atoms. The highest BCUT2D eigenvalue weighted by Crippen LogP contribution is 2.36. The van der Waals surface area contributed by atoms with Gasteiger partial charge in [0.1, 0.15) is 5.75 Å². The first-order valence-electron chi connectivity index (χ1n) is 7.48. The molecule has 0 spiro atoms. The summed E-state index contributed by atoms with van der Waals surface area (Å²) in [6, 6.07) is 5.16. The van der Waals surface area contributed by atoms with Crippen LogP contribution < -0.4 is 0 Å². The normalized spacial score (nSPS) is 11.4. The van der Waals surface area contributed by atoms with Crippen molar-refractivity contribution in [2.75, 3.05) is 0 Å². The van der Waals surface area contributed by atoms with Crippen LogP contribution >= 0.6 is 31.9 Å². The quantitative estimate of drug-likeness (QED) is 0.559. The van der Waals surface area contributed by atoms with Gasteiger partial charge in [0, 0.05) is 29.9 Å². The number of phenols is 1. The van der Waals surface area contributed by atoms with Crippen molar-refractivity contribution >= 4 is 48.5 Å². The molecule has 1 N–H and O–H groups in total. The molecule has 0 aliphatic heterocycles. The van der Waals surface area contributed by atoms with Crippen LogP contribution in [0.3, 0.4) is 0 Å². The van der Waals surface area contributed by atoms with Crippen LogP contribution in [0.1, 0.15) is 41.4 Å². The third-order valence-electron chi connectivity index (χ3n) is 4.10. The summed E-state index contributed by atoms with van der Waals surface area (Å²) in [4.78, 5) is 17.4. The van der Waals surface area contributed by atoms with Crippen molar-refractivity contribution in [2.45, 2.75) is 19.8 Å². The Hall–Kier alpha value is -1.66. The van der Waals surface area contributed by atoms with Gasteiger partial charge in [0.15, 0.2) is 5.78 Å². The van der Waals surface area contributed by atoms with Gasteiger partial charge in [0.05, 0.1) is 26.2 Å². The second-order valence-corrected chi connectivity index (χ2v) is 7.69. The van der Waals surface area contributed by atoms with E-state index in [0.717, 1.165) is 16.6 Å². The lowest BCUT2D eigenvalue weighted by molar-refractivity contribution is 0.103. The summed E-state index contributed by atoms with van der Waals surface area (Å²) in [5.74, 6) is 0.194. The van der Waals surface area contributed by atoms with Crippen molar-refractivity contribution in [3.8, 4) is 5.75 Å². The summed E-state index contributed by atoms with van der Waals surface area (Å²) in [6.45, 7) is 4.14. The van der Waals surface area contributed by atoms with Crippen molar-refractivity contribution in [3.63, 3.8) is 0 Å². The largest absolute Gasteiger partial charge is 0.506 e. The number of hydrogen-bond donors (Lipinski definition) is 1. The lowest BCUT2D eigenvalue weighted by Crippen LogP contribution is -2.08. The van der Waals surface area contributed by atoms with Gasteiger partial charge in [-0.25, -0.2) is 0 Å². The van der Waals surface area contributed by atoms with Crippen molar-refractivity contribution < 1.29 is 9.90 Å². The van der Waals surface area contributed by atoms with Crippen LogP contribution in [-0.2, 0) is 7.05 Å². The molecule has 0 atom stereocenters. The molecule has 0 amide bonds. The average molecular weight is 452 g/mol. The van der Waals surface area contributed by atoms with Crippen molar-refractivity contribution in [2.24, 2.45) is 7.05 Å². The minimum absolute atomic E-state index is 0.0723. The molecule has 2 aromatic heterocycles. The highest BCUT2D eigenvalue weighted by Gasteiger charge is 2.25. The van der Waals surface area contributed by atoms with Gasteiger partial charge in [-0.05, 0) is 56.0 Å². The van der Waals surface area contributed by atoms with E-state index in [0.29, 0.717) is 20.1 Å². The van der Waals surface area contributed by atoms with Crippen molar-refractivity contribution in [1.29, 1.82) is 0 Å². The molecule has 3 aromatic rings. The van der Waals surface area contributed by atoms with Gasteiger partial charge in [-0.15, -0.1) is 0 Å². The molecule has 4 nitrogen and oxygen atoms in total. The number of aryl methyl sites for hydroxylation is 1. The maximum atomic E-state index is 13.3. The lowest BCUT2D eigenvalue weighted by atomic mass is 9.96. The highest BCUT2D eigenvalue weighted by atomic mass is 79.9. The standard InChI is InChI=1S/C18H16Br2N2O2/c1-9(2)16-15(11-4-5-21-8-14(11)22(16)3)17(23)10-6-12(19)18(24)13(20)7-10/h4-9,24H,1-3H3. The van der Waals surface area contributed by atoms with Gasteiger partial charge in [-0.1, -0.05) is 13.8 Å². The Morgan fingerprint density at radius 3 is 2.46 bits per heavy atom. The predicted molar refractivity (Wildman–Crippen MR) is 102 cm³/mol. The number of hydrogen-bond acceptors (Lipinski definition) is 3. The fourth-order valence-corrected chi connectivity index (χ4v) is 4.24. The first-order chi connectivity index (χ1) is 11.3. The number of fused-ring (bicyclic) bond motifs is 1. The summed E-state index contributed by atoms with van der Waals surface area (Å²) in [5.41, 5.74) is 3.11. The van der Waals surface area contributed by atoms with E-state index in [2.05, 4.69) is 50.7 Å². The molecular weight excluding hydrogens is 436 g/mol. The number of ketones is 1. The molecule has 1 aromatic carbocycles. The van der Waals surface area contributed by atoms with Gasteiger partial charge >= 0.3 is 0 Å². The molecular formula is C18H16Br2N2O2. The van der Waals surface area contributed by atoms with Gasteiger partial charge < -0.3 is 9.67 Å². The van der Waals surface area contributed by atoms with Gasteiger partial charge in [-0.2, -0.15) is 0 Å². The van der Waals surface area contributed by atoms with Crippen LogP contribution in [0.25, 0.3) is 10.9 Å². The van der Waals surface area contributed by atoms with Gasteiger partial charge in [0.25, 0.3) is 0 Å². The molecule has 6 heteroatoms. The minimum Gasteiger partial charge on any atom is -0.506 e. The number of carbonyl (C=O) groups is 1. The van der Waals surface area contributed by atoms with E-state index < -0.39 is 0 Å². The summed E-state index contributed by atoms with van der Waals surface area (Å²) >= 11 is 6.59. The third-order valence-corrected chi connectivity index (χ3v) is 5.31. The van der Waals surface area contributed by atoms with E-state index in [1.165, 1.54) is 0 Å². The second-order valence-electron chi connectivity index (χ2n) is 5.98. The molecule has 0 aliphatic carbocycles. The zero-order chi connectivity index (χ0) is 17.6. The SMILES string of the molecule is CC(C)c1c(C(=O)c2cc(Br)c(O)c(Br)c2)c2ccncc2n1C. The van der Waals surface area contributed by atoms with E-state index in [4.69, 9.17) is 0 Å². The number of carbonyl (C=O) groups excluding carboxylic acids is 1. The third kappa shape index (κ3) is 2.67. The van der Waals surface area contributed by atoms with Crippen LogP contribution in [-0.4, -0.2) is 20.4 Å². The first kappa shape index (κ1) is 17.2. The maximum Gasteiger partial charge on any atom is 0.195 e. The number of aromatic nitrogens is 2. The van der Waals surface area contributed by atoms with E-state index in [1.807, 2.05) is 17.7 Å². The van der Waals surface area contributed by atoms with E-state index in [-0.39, 0.29) is 17.5 Å². The Balaban J connectivity index is 2.29. The zero-order valence-corrected chi connectivity index (χ0v) is 16.6. The average Bonchev–Trinajstić information content (AvgIpc) is 2.85. The lowest BCUT2D eigenvalue weighted by Gasteiger charge is -2.12. The summed E-state index contributed by atoms with van der Waals surface area (Å²) in [7, 11) is 1.96. The Labute approximate surface area is 156 Å². The predicted octanol–water partition coefficient (Wildman–Crippen LogP) is 5.16. The van der Waals surface area contributed by atoms with E-state index in [9.17, 15) is 9.90 Å². The molecule has 0 fully saturated rings. The molecule has 0 radical (unpaired) electrons. The van der Waals surface area contributed by atoms with Gasteiger partial charge in [0.2, 0.25) is 0 Å². The molecule has 0 saturated carbocycles. The summed E-state index contributed by atoms with van der Waals surface area (Å²) in [6.07, 6.45) is 3.48. The van der Waals surface area contributed by atoms with Crippen molar-refractivity contribution in [3.05, 3.63) is 56.4 Å².